The standard InChI is InChI=1S/C6H11O2/c1-5(7)6-2-3-8-4-6/h5-6H,2-4H2,1H3. The van der Waals surface area contributed by atoms with Gasteiger partial charge in [0.05, 0.1) is 12.7 Å². The number of rotatable bonds is 1. The molecule has 0 spiro atoms. The van der Waals surface area contributed by atoms with Gasteiger partial charge in [-0.15, -0.1) is 0 Å². The Morgan fingerprint density at radius 1 is 1.75 bits per heavy atom. The minimum atomic E-state index is -0.433. The molecule has 0 N–H and O–H groups in total. The van der Waals surface area contributed by atoms with E-state index in [-0.39, 0.29) is 5.92 Å². The van der Waals surface area contributed by atoms with E-state index in [9.17, 15) is 5.11 Å². The Morgan fingerprint density at radius 3 is 2.75 bits per heavy atom. The van der Waals surface area contributed by atoms with Gasteiger partial charge in [-0.25, -0.2) is 5.11 Å². The molecule has 0 aromatic heterocycles. The first kappa shape index (κ1) is 6.05. The van der Waals surface area contributed by atoms with Crippen LogP contribution in [-0.2, 0) is 9.84 Å². The number of hydrogen-bond acceptors (Lipinski definition) is 1. The summed E-state index contributed by atoms with van der Waals surface area (Å²) in [6.07, 6.45) is 0.530. The molecule has 1 aliphatic rings. The van der Waals surface area contributed by atoms with Gasteiger partial charge in [0, 0.05) is 12.5 Å². The molecule has 0 amide bonds. The smallest absolute Gasteiger partial charge is 0.0952 e. The van der Waals surface area contributed by atoms with Gasteiger partial charge in [0.1, 0.15) is 0 Å². The van der Waals surface area contributed by atoms with Gasteiger partial charge < -0.3 is 4.74 Å². The molecule has 0 saturated carbocycles. The largest absolute Gasteiger partial charge is 0.381 e. The quantitative estimate of drug-likeness (QED) is 0.498. The molecule has 2 heteroatoms. The summed E-state index contributed by atoms with van der Waals surface area (Å²) in [6, 6.07) is 0. The van der Waals surface area contributed by atoms with Crippen molar-refractivity contribution in [3.05, 3.63) is 0 Å². The zero-order valence-corrected chi connectivity index (χ0v) is 5.09. The molecule has 0 aliphatic carbocycles. The number of ether oxygens (including phenoxy) is 1. The molecule has 0 bridgehead atoms. The van der Waals surface area contributed by atoms with Crippen LogP contribution in [0.15, 0.2) is 0 Å². The van der Waals surface area contributed by atoms with Gasteiger partial charge in [-0.3, -0.25) is 0 Å². The van der Waals surface area contributed by atoms with Crippen LogP contribution in [0.25, 0.3) is 0 Å². The molecule has 2 atom stereocenters. The third kappa shape index (κ3) is 1.20. The maximum absolute atomic E-state index is 10.6. The summed E-state index contributed by atoms with van der Waals surface area (Å²) < 4.78 is 5.02. The Morgan fingerprint density at radius 2 is 2.50 bits per heavy atom. The molecule has 1 rings (SSSR count). The molecule has 2 nitrogen and oxygen atoms in total. The molecule has 1 saturated heterocycles. The second-order valence-electron chi connectivity index (χ2n) is 2.33. The summed E-state index contributed by atoms with van der Waals surface area (Å²) in [6.45, 7) is 3.18. The van der Waals surface area contributed by atoms with E-state index in [1.807, 2.05) is 0 Å². The van der Waals surface area contributed by atoms with Crippen LogP contribution < -0.4 is 0 Å². The molecule has 1 heterocycles. The van der Waals surface area contributed by atoms with E-state index in [2.05, 4.69) is 0 Å². The minimum Gasteiger partial charge on any atom is -0.381 e. The van der Waals surface area contributed by atoms with Gasteiger partial charge in [-0.1, -0.05) is 0 Å². The van der Waals surface area contributed by atoms with Crippen LogP contribution in [-0.4, -0.2) is 19.3 Å². The SMILES string of the molecule is CC([O])C1CCOC1. The van der Waals surface area contributed by atoms with Crippen molar-refractivity contribution in [2.75, 3.05) is 13.2 Å². The zero-order valence-electron chi connectivity index (χ0n) is 5.09. The molecule has 0 aromatic rings. The van der Waals surface area contributed by atoms with E-state index < -0.39 is 6.10 Å². The molecule has 1 radical (unpaired) electrons. The summed E-state index contributed by atoms with van der Waals surface area (Å²) >= 11 is 0. The first-order chi connectivity index (χ1) is 3.80. The Balaban J connectivity index is 2.24. The third-order valence-corrected chi connectivity index (χ3v) is 1.63. The molecule has 47 valence electrons. The van der Waals surface area contributed by atoms with Crippen molar-refractivity contribution in [3.63, 3.8) is 0 Å². The molecule has 1 aliphatic heterocycles. The molecule has 1 fully saturated rings. The fourth-order valence-electron chi connectivity index (χ4n) is 0.923. The van der Waals surface area contributed by atoms with Crippen molar-refractivity contribution >= 4 is 0 Å². The van der Waals surface area contributed by atoms with E-state index in [4.69, 9.17) is 4.74 Å². The summed E-state index contributed by atoms with van der Waals surface area (Å²) in [5.74, 6) is 0.287. The third-order valence-electron chi connectivity index (χ3n) is 1.63. The van der Waals surface area contributed by atoms with Gasteiger partial charge in [0.2, 0.25) is 0 Å². The highest BCUT2D eigenvalue weighted by Crippen LogP contribution is 2.15. The lowest BCUT2D eigenvalue weighted by Gasteiger charge is -2.05. The highest BCUT2D eigenvalue weighted by molar-refractivity contribution is 4.67. The monoisotopic (exact) mass is 115 g/mol. The topological polar surface area (TPSA) is 29.1 Å². The van der Waals surface area contributed by atoms with Gasteiger partial charge >= 0.3 is 0 Å². The van der Waals surface area contributed by atoms with Crippen molar-refractivity contribution in [1.29, 1.82) is 0 Å². The molecule has 2 unspecified atom stereocenters. The van der Waals surface area contributed by atoms with Crippen LogP contribution in [0.5, 0.6) is 0 Å². The second kappa shape index (κ2) is 2.46. The maximum Gasteiger partial charge on any atom is 0.0952 e. The normalized spacial score (nSPS) is 33.0. The van der Waals surface area contributed by atoms with Gasteiger partial charge in [0.25, 0.3) is 0 Å². The summed E-state index contributed by atoms with van der Waals surface area (Å²) in [5.41, 5.74) is 0. The fourth-order valence-corrected chi connectivity index (χ4v) is 0.923. The molecular weight excluding hydrogens is 104 g/mol. The predicted molar refractivity (Wildman–Crippen MR) is 29.1 cm³/mol. The summed E-state index contributed by atoms with van der Waals surface area (Å²) in [4.78, 5) is 0. The zero-order chi connectivity index (χ0) is 5.98. The molecule has 8 heavy (non-hydrogen) atoms. The van der Waals surface area contributed by atoms with Crippen LogP contribution in [0, 0.1) is 5.92 Å². The lowest BCUT2D eigenvalue weighted by atomic mass is 10.0. The van der Waals surface area contributed by atoms with Crippen LogP contribution >= 0.6 is 0 Å². The second-order valence-corrected chi connectivity index (χ2v) is 2.33. The van der Waals surface area contributed by atoms with Crippen molar-refractivity contribution in [2.45, 2.75) is 19.4 Å². The fraction of sp³-hybridized carbons (Fsp3) is 1.00. The lowest BCUT2D eigenvalue weighted by Crippen LogP contribution is -2.14. The lowest BCUT2D eigenvalue weighted by molar-refractivity contribution is 0.0453. The van der Waals surface area contributed by atoms with E-state index in [1.165, 1.54) is 0 Å². The summed E-state index contributed by atoms with van der Waals surface area (Å²) in [7, 11) is 0. The van der Waals surface area contributed by atoms with Crippen LogP contribution in [0.1, 0.15) is 13.3 Å². The molecular formula is C6H11O2. The minimum absolute atomic E-state index is 0.287. The highest BCUT2D eigenvalue weighted by atomic mass is 16.5. The Hall–Kier alpha value is -0.0800. The van der Waals surface area contributed by atoms with Gasteiger partial charge in [-0.2, -0.15) is 0 Å². The van der Waals surface area contributed by atoms with E-state index >= 15 is 0 Å². The van der Waals surface area contributed by atoms with E-state index in [1.54, 1.807) is 6.92 Å². The first-order valence-corrected chi connectivity index (χ1v) is 3.04. The summed E-state index contributed by atoms with van der Waals surface area (Å²) in [5, 5.41) is 10.6. The number of hydrogen-bond donors (Lipinski definition) is 0. The first-order valence-electron chi connectivity index (χ1n) is 3.04. The Kier molecular flexibility index (Phi) is 1.86. The Bertz CT molecular complexity index is 64.9. The van der Waals surface area contributed by atoms with E-state index in [0.717, 1.165) is 13.0 Å². The van der Waals surface area contributed by atoms with Crippen LogP contribution in [0.3, 0.4) is 0 Å². The van der Waals surface area contributed by atoms with Crippen molar-refractivity contribution in [2.24, 2.45) is 5.92 Å². The van der Waals surface area contributed by atoms with Crippen molar-refractivity contribution in [1.82, 2.24) is 0 Å². The van der Waals surface area contributed by atoms with Gasteiger partial charge in [0.15, 0.2) is 0 Å². The average molecular weight is 115 g/mol. The van der Waals surface area contributed by atoms with Crippen molar-refractivity contribution < 1.29 is 9.84 Å². The van der Waals surface area contributed by atoms with Crippen LogP contribution in [0.4, 0.5) is 0 Å². The maximum atomic E-state index is 10.6. The van der Waals surface area contributed by atoms with Gasteiger partial charge in [-0.05, 0) is 13.3 Å². The Labute approximate surface area is 49.5 Å². The van der Waals surface area contributed by atoms with Crippen molar-refractivity contribution in [3.8, 4) is 0 Å². The van der Waals surface area contributed by atoms with Crippen LogP contribution in [0.2, 0.25) is 0 Å². The molecule has 0 aromatic carbocycles. The average Bonchev–Trinajstić information content (AvgIpc) is 2.12. The van der Waals surface area contributed by atoms with E-state index in [0.29, 0.717) is 6.61 Å². The predicted octanol–water partition coefficient (Wildman–Crippen LogP) is 0.842. The highest BCUT2D eigenvalue weighted by Gasteiger charge is 2.20.